The molecule has 13 heteroatoms. The minimum Gasteiger partial charge on any atom is -0.480 e. The topological polar surface area (TPSA) is 188 Å². The van der Waals surface area contributed by atoms with Gasteiger partial charge in [0.25, 0.3) is 0 Å². The van der Waals surface area contributed by atoms with E-state index in [0.29, 0.717) is 52.4 Å². The van der Waals surface area contributed by atoms with E-state index in [-0.39, 0.29) is 26.2 Å². The second-order valence-corrected chi connectivity index (χ2v) is 7.25. The molecule has 1 aliphatic heterocycles. The summed E-state index contributed by atoms with van der Waals surface area (Å²) in [6.07, 6.45) is 0. The zero-order chi connectivity index (χ0) is 22.7. The first-order chi connectivity index (χ1) is 14.1. The standard InChI is InChI=1S/C17H31N5O8/c18-13(17(29)30)9-19-1-3-20(10-14(23)24)5-7-22(12-16(27)28)8-6-21(4-2-19)11-15(25)26/h13H,1-12,18H2,(H,23,24)(H,25,26)(H,27,28)(H,29,30). The number of nitrogens with zero attached hydrogens (tertiary/aromatic N) is 4. The van der Waals surface area contributed by atoms with Crippen molar-refractivity contribution in [1.82, 2.24) is 19.6 Å². The fraction of sp³-hybridized carbons (Fsp3) is 0.765. The largest absolute Gasteiger partial charge is 0.480 e. The van der Waals surface area contributed by atoms with E-state index in [9.17, 15) is 19.2 Å². The third-order valence-corrected chi connectivity index (χ3v) is 4.78. The van der Waals surface area contributed by atoms with Crippen molar-refractivity contribution in [3.05, 3.63) is 0 Å². The van der Waals surface area contributed by atoms with Gasteiger partial charge in [0.05, 0.1) is 19.6 Å². The molecular formula is C17H31N5O8. The number of carboxylic acid groups (broad SMARTS) is 4. The molecule has 1 rings (SSSR count). The summed E-state index contributed by atoms with van der Waals surface area (Å²) in [6.45, 7) is 1.87. The predicted molar refractivity (Wildman–Crippen MR) is 104 cm³/mol. The first kappa shape index (κ1) is 25.7. The Kier molecular flexibility index (Phi) is 11.2. The number of carboxylic acids is 4. The van der Waals surface area contributed by atoms with E-state index < -0.39 is 29.9 Å². The van der Waals surface area contributed by atoms with Crippen LogP contribution in [0.1, 0.15) is 0 Å². The third-order valence-electron chi connectivity index (χ3n) is 4.78. The molecule has 1 unspecified atom stereocenters. The molecule has 0 radical (unpaired) electrons. The Labute approximate surface area is 174 Å². The monoisotopic (exact) mass is 433 g/mol. The van der Waals surface area contributed by atoms with Crippen LogP contribution in [0.4, 0.5) is 0 Å². The van der Waals surface area contributed by atoms with Crippen molar-refractivity contribution in [1.29, 1.82) is 0 Å². The van der Waals surface area contributed by atoms with E-state index >= 15 is 0 Å². The van der Waals surface area contributed by atoms with Crippen LogP contribution >= 0.6 is 0 Å². The van der Waals surface area contributed by atoms with Gasteiger partial charge >= 0.3 is 23.9 Å². The van der Waals surface area contributed by atoms with E-state index in [0.717, 1.165) is 0 Å². The van der Waals surface area contributed by atoms with Crippen LogP contribution in [0.15, 0.2) is 0 Å². The van der Waals surface area contributed by atoms with Gasteiger partial charge < -0.3 is 26.2 Å². The van der Waals surface area contributed by atoms with E-state index in [2.05, 4.69) is 0 Å². The summed E-state index contributed by atoms with van der Waals surface area (Å²) < 4.78 is 0. The van der Waals surface area contributed by atoms with Crippen molar-refractivity contribution < 1.29 is 39.6 Å². The van der Waals surface area contributed by atoms with Crippen LogP contribution in [0.3, 0.4) is 0 Å². The van der Waals surface area contributed by atoms with Crippen molar-refractivity contribution in [2.45, 2.75) is 6.04 Å². The maximum Gasteiger partial charge on any atom is 0.321 e. The van der Waals surface area contributed by atoms with Gasteiger partial charge in [0.2, 0.25) is 0 Å². The maximum absolute atomic E-state index is 11.2. The van der Waals surface area contributed by atoms with Crippen LogP contribution in [-0.2, 0) is 19.2 Å². The minimum atomic E-state index is -1.16. The highest BCUT2D eigenvalue weighted by Crippen LogP contribution is 2.02. The predicted octanol–water partition coefficient (Wildman–Crippen LogP) is -3.13. The molecule has 1 saturated heterocycles. The van der Waals surface area contributed by atoms with Gasteiger partial charge in [0.15, 0.2) is 0 Å². The summed E-state index contributed by atoms with van der Waals surface area (Å²) in [5, 5.41) is 36.5. The van der Waals surface area contributed by atoms with Crippen LogP contribution in [0, 0.1) is 0 Å². The number of aliphatic carboxylic acids is 4. The molecule has 1 fully saturated rings. The summed E-state index contributed by atoms with van der Waals surface area (Å²) in [6, 6.07) is -1.12. The van der Waals surface area contributed by atoms with E-state index in [1.807, 2.05) is 0 Å². The molecule has 0 bridgehead atoms. The lowest BCUT2D eigenvalue weighted by Gasteiger charge is -2.33. The number of carbonyl (C=O) groups is 4. The van der Waals surface area contributed by atoms with Crippen LogP contribution in [0.25, 0.3) is 0 Å². The van der Waals surface area contributed by atoms with Gasteiger partial charge in [-0.25, -0.2) is 0 Å². The smallest absolute Gasteiger partial charge is 0.321 e. The lowest BCUT2D eigenvalue weighted by atomic mass is 10.2. The third kappa shape index (κ3) is 11.0. The Balaban J connectivity index is 2.95. The molecule has 13 nitrogen and oxygen atoms in total. The first-order valence-corrected chi connectivity index (χ1v) is 9.60. The van der Waals surface area contributed by atoms with Gasteiger partial charge in [-0.2, -0.15) is 0 Å². The average molecular weight is 433 g/mol. The van der Waals surface area contributed by atoms with Crippen LogP contribution in [-0.4, -0.2) is 148 Å². The highest BCUT2D eigenvalue weighted by Gasteiger charge is 2.22. The number of rotatable bonds is 9. The van der Waals surface area contributed by atoms with Gasteiger partial charge in [-0.3, -0.25) is 38.8 Å². The van der Waals surface area contributed by atoms with Gasteiger partial charge in [-0.05, 0) is 0 Å². The molecule has 0 aromatic heterocycles. The zero-order valence-corrected chi connectivity index (χ0v) is 16.9. The molecule has 1 heterocycles. The Bertz CT molecular complexity index is 573. The Morgan fingerprint density at radius 3 is 1.10 bits per heavy atom. The Hall–Kier alpha value is -2.32. The molecule has 30 heavy (non-hydrogen) atoms. The number of hydrogen-bond donors (Lipinski definition) is 5. The molecule has 0 aliphatic carbocycles. The van der Waals surface area contributed by atoms with Crippen LogP contribution < -0.4 is 5.73 Å². The van der Waals surface area contributed by atoms with Gasteiger partial charge in [-0.1, -0.05) is 0 Å². The highest BCUT2D eigenvalue weighted by molar-refractivity contribution is 5.73. The molecule has 1 aliphatic rings. The van der Waals surface area contributed by atoms with Crippen LogP contribution in [0.5, 0.6) is 0 Å². The fourth-order valence-electron chi connectivity index (χ4n) is 3.17. The molecule has 0 spiro atoms. The molecule has 0 saturated carbocycles. The average Bonchev–Trinajstić information content (AvgIpc) is 2.62. The molecule has 6 N–H and O–H groups in total. The normalized spacial score (nSPS) is 20.0. The molecular weight excluding hydrogens is 402 g/mol. The number of hydrogen-bond acceptors (Lipinski definition) is 9. The Morgan fingerprint density at radius 1 is 0.600 bits per heavy atom. The van der Waals surface area contributed by atoms with Crippen molar-refractivity contribution in [2.24, 2.45) is 5.73 Å². The van der Waals surface area contributed by atoms with Crippen molar-refractivity contribution in [3.8, 4) is 0 Å². The molecule has 0 aromatic rings. The lowest BCUT2D eigenvalue weighted by Crippen LogP contribution is -2.51. The van der Waals surface area contributed by atoms with Crippen molar-refractivity contribution >= 4 is 23.9 Å². The SMILES string of the molecule is NC(CN1CCN(CC(=O)O)CCN(CC(=O)O)CCN(CC(=O)O)CC1)C(=O)O. The second-order valence-electron chi connectivity index (χ2n) is 7.25. The highest BCUT2D eigenvalue weighted by atomic mass is 16.4. The van der Waals surface area contributed by atoms with Crippen molar-refractivity contribution in [2.75, 3.05) is 78.5 Å². The quantitative estimate of drug-likeness (QED) is 0.246. The second kappa shape index (κ2) is 13.1. The van der Waals surface area contributed by atoms with E-state index in [1.165, 1.54) is 0 Å². The number of nitrogens with two attached hydrogens (primary N) is 1. The van der Waals surface area contributed by atoms with Gasteiger partial charge in [0.1, 0.15) is 6.04 Å². The summed E-state index contributed by atoms with van der Waals surface area (Å²) in [5.41, 5.74) is 5.64. The summed E-state index contributed by atoms with van der Waals surface area (Å²) in [5.74, 6) is -4.22. The van der Waals surface area contributed by atoms with E-state index in [1.54, 1.807) is 19.6 Å². The summed E-state index contributed by atoms with van der Waals surface area (Å²) in [4.78, 5) is 51.3. The molecule has 1 atom stereocenters. The van der Waals surface area contributed by atoms with Gasteiger partial charge in [-0.15, -0.1) is 0 Å². The lowest BCUT2D eigenvalue weighted by molar-refractivity contribution is -0.140. The van der Waals surface area contributed by atoms with Crippen LogP contribution in [0.2, 0.25) is 0 Å². The summed E-state index contributed by atoms with van der Waals surface area (Å²) >= 11 is 0. The van der Waals surface area contributed by atoms with Gasteiger partial charge in [0, 0.05) is 58.9 Å². The minimum absolute atomic E-state index is 0.0439. The fourth-order valence-corrected chi connectivity index (χ4v) is 3.17. The molecule has 172 valence electrons. The van der Waals surface area contributed by atoms with Crippen molar-refractivity contribution in [3.63, 3.8) is 0 Å². The molecule has 0 amide bonds. The summed E-state index contributed by atoms with van der Waals surface area (Å²) in [7, 11) is 0. The molecule has 0 aromatic carbocycles. The first-order valence-electron chi connectivity index (χ1n) is 9.60. The van der Waals surface area contributed by atoms with E-state index in [4.69, 9.17) is 26.2 Å². The zero-order valence-electron chi connectivity index (χ0n) is 16.9. The Morgan fingerprint density at radius 2 is 0.867 bits per heavy atom. The maximum atomic E-state index is 11.2.